The summed E-state index contributed by atoms with van der Waals surface area (Å²) in [5, 5.41) is 0. The van der Waals surface area contributed by atoms with Crippen molar-refractivity contribution >= 4 is 5.69 Å². The van der Waals surface area contributed by atoms with Gasteiger partial charge in [0.05, 0.1) is 6.04 Å². The van der Waals surface area contributed by atoms with Gasteiger partial charge in [0.25, 0.3) is 0 Å². The van der Waals surface area contributed by atoms with E-state index in [1.807, 2.05) is 0 Å². The lowest BCUT2D eigenvalue weighted by Gasteiger charge is -2.53. The monoisotopic (exact) mass is 291 g/mol. The Labute approximate surface area is 134 Å². The fourth-order valence-electron chi connectivity index (χ4n) is 4.74. The molecule has 1 fully saturated rings. The molecular weight excluding hydrogens is 266 g/mol. The highest BCUT2D eigenvalue weighted by Crippen LogP contribution is 2.52. The second kappa shape index (κ2) is 4.87. The van der Waals surface area contributed by atoms with Gasteiger partial charge in [-0.05, 0) is 74.4 Å². The van der Waals surface area contributed by atoms with Gasteiger partial charge < -0.3 is 4.90 Å². The molecule has 114 valence electrons. The van der Waals surface area contributed by atoms with Crippen LogP contribution in [0.3, 0.4) is 0 Å². The predicted octanol–water partition coefficient (Wildman–Crippen LogP) is 5.44. The Morgan fingerprint density at radius 3 is 2.45 bits per heavy atom. The number of anilines is 1. The summed E-state index contributed by atoms with van der Waals surface area (Å²) in [7, 11) is 0. The van der Waals surface area contributed by atoms with Crippen molar-refractivity contribution in [2.24, 2.45) is 0 Å². The van der Waals surface area contributed by atoms with Gasteiger partial charge in [0.15, 0.2) is 0 Å². The molecule has 0 amide bonds. The SMILES string of the molecule is Cc1cc(C)c(C)c(N2C3CCC(c4ccccc43)[C@@H]2C)c1. The topological polar surface area (TPSA) is 3.24 Å². The molecule has 2 bridgehead atoms. The molecule has 2 aliphatic heterocycles. The van der Waals surface area contributed by atoms with Gasteiger partial charge in [-0.2, -0.15) is 0 Å². The fourth-order valence-corrected chi connectivity index (χ4v) is 4.74. The van der Waals surface area contributed by atoms with E-state index in [4.69, 9.17) is 0 Å². The van der Waals surface area contributed by atoms with Gasteiger partial charge in [-0.25, -0.2) is 0 Å². The molecule has 3 aliphatic rings. The third-order valence-corrected chi connectivity index (χ3v) is 5.92. The zero-order chi connectivity index (χ0) is 15.4. The normalized spacial score (nSPS) is 26.2. The molecule has 2 heterocycles. The molecule has 1 saturated heterocycles. The molecule has 1 aliphatic carbocycles. The van der Waals surface area contributed by atoms with Crippen molar-refractivity contribution in [1.82, 2.24) is 0 Å². The minimum absolute atomic E-state index is 0.552. The number of hydrogen-bond donors (Lipinski definition) is 0. The number of hydrogen-bond acceptors (Lipinski definition) is 1. The van der Waals surface area contributed by atoms with Crippen molar-refractivity contribution in [1.29, 1.82) is 0 Å². The van der Waals surface area contributed by atoms with E-state index < -0.39 is 0 Å². The van der Waals surface area contributed by atoms with Crippen LogP contribution in [0.2, 0.25) is 0 Å². The van der Waals surface area contributed by atoms with Gasteiger partial charge in [-0.1, -0.05) is 30.3 Å². The summed E-state index contributed by atoms with van der Waals surface area (Å²) < 4.78 is 0. The zero-order valence-electron chi connectivity index (χ0n) is 14.1. The summed E-state index contributed by atoms with van der Waals surface area (Å²) in [6.45, 7) is 9.16. The Kier molecular flexibility index (Phi) is 3.07. The molecule has 22 heavy (non-hydrogen) atoms. The maximum atomic E-state index is 2.71. The first-order valence-corrected chi connectivity index (χ1v) is 8.53. The molecule has 2 aromatic carbocycles. The summed E-state index contributed by atoms with van der Waals surface area (Å²) in [4.78, 5) is 2.71. The Hall–Kier alpha value is -1.76. The van der Waals surface area contributed by atoms with E-state index in [0.717, 1.165) is 0 Å². The Morgan fingerprint density at radius 2 is 1.68 bits per heavy atom. The highest BCUT2D eigenvalue weighted by molar-refractivity contribution is 5.63. The molecule has 2 unspecified atom stereocenters. The minimum atomic E-state index is 0.552. The van der Waals surface area contributed by atoms with E-state index in [2.05, 4.69) is 69.0 Å². The van der Waals surface area contributed by atoms with Gasteiger partial charge in [0.2, 0.25) is 0 Å². The molecule has 0 radical (unpaired) electrons. The molecule has 1 heteroatoms. The number of nitrogens with zero attached hydrogens (tertiary/aromatic N) is 1. The van der Waals surface area contributed by atoms with E-state index in [0.29, 0.717) is 18.0 Å². The first-order chi connectivity index (χ1) is 10.6. The standard InChI is InChI=1S/C21H25N/c1-13-11-14(2)15(3)21(12-13)22-16(4)17-9-10-20(22)19-8-6-5-7-18(17)19/h5-8,11-12,16-17,20H,9-10H2,1-4H3/t16-,17?,20?/m0/s1. The highest BCUT2D eigenvalue weighted by Gasteiger charge is 2.43. The number of aryl methyl sites for hydroxylation is 2. The summed E-state index contributed by atoms with van der Waals surface area (Å²) in [6, 6.07) is 15.0. The van der Waals surface area contributed by atoms with Crippen molar-refractivity contribution in [3.63, 3.8) is 0 Å². The van der Waals surface area contributed by atoms with Gasteiger partial charge in [0, 0.05) is 17.6 Å². The van der Waals surface area contributed by atoms with Crippen LogP contribution in [-0.2, 0) is 0 Å². The van der Waals surface area contributed by atoms with Crippen LogP contribution in [0.5, 0.6) is 0 Å². The second-order valence-corrected chi connectivity index (χ2v) is 7.20. The first kappa shape index (κ1) is 13.9. The number of piperidine rings is 1. The number of benzene rings is 2. The third kappa shape index (κ3) is 1.84. The first-order valence-electron chi connectivity index (χ1n) is 8.53. The van der Waals surface area contributed by atoms with Crippen LogP contribution < -0.4 is 4.90 Å². The molecule has 1 nitrogen and oxygen atoms in total. The van der Waals surface area contributed by atoms with Crippen molar-refractivity contribution in [2.75, 3.05) is 4.90 Å². The zero-order valence-corrected chi connectivity index (χ0v) is 14.1. The molecule has 2 aromatic rings. The molecule has 0 aromatic heterocycles. The number of fused-ring (bicyclic) bond motifs is 2. The molecule has 0 spiro atoms. The van der Waals surface area contributed by atoms with Crippen molar-refractivity contribution in [2.45, 2.75) is 58.5 Å². The van der Waals surface area contributed by atoms with Gasteiger partial charge in [0.1, 0.15) is 0 Å². The summed E-state index contributed by atoms with van der Waals surface area (Å²) in [5.74, 6) is 0.682. The summed E-state index contributed by atoms with van der Waals surface area (Å²) >= 11 is 0. The van der Waals surface area contributed by atoms with Crippen LogP contribution in [-0.4, -0.2) is 6.04 Å². The van der Waals surface area contributed by atoms with Crippen molar-refractivity contribution < 1.29 is 0 Å². The predicted molar refractivity (Wildman–Crippen MR) is 93.8 cm³/mol. The molecule has 0 saturated carbocycles. The van der Waals surface area contributed by atoms with Crippen LogP contribution in [0.25, 0.3) is 0 Å². The lowest BCUT2D eigenvalue weighted by Crippen LogP contribution is -2.49. The fraction of sp³-hybridized carbons (Fsp3) is 0.429. The van der Waals surface area contributed by atoms with Crippen LogP contribution in [0.1, 0.15) is 59.5 Å². The molecular formula is C21H25N. The van der Waals surface area contributed by atoms with E-state index in [1.54, 1.807) is 11.1 Å². The molecule has 5 rings (SSSR count). The van der Waals surface area contributed by atoms with Crippen molar-refractivity contribution in [3.05, 3.63) is 64.2 Å². The largest absolute Gasteiger partial charge is 0.361 e. The van der Waals surface area contributed by atoms with E-state index >= 15 is 0 Å². The van der Waals surface area contributed by atoms with Crippen molar-refractivity contribution in [3.8, 4) is 0 Å². The van der Waals surface area contributed by atoms with E-state index in [-0.39, 0.29) is 0 Å². The van der Waals surface area contributed by atoms with E-state index in [9.17, 15) is 0 Å². The third-order valence-electron chi connectivity index (χ3n) is 5.92. The summed E-state index contributed by atoms with van der Waals surface area (Å²) in [5.41, 5.74) is 8.86. The van der Waals surface area contributed by atoms with Crippen LogP contribution in [0, 0.1) is 20.8 Å². The van der Waals surface area contributed by atoms with Crippen LogP contribution >= 0.6 is 0 Å². The average Bonchev–Trinajstić information content (AvgIpc) is 2.52. The van der Waals surface area contributed by atoms with Gasteiger partial charge in [-0.15, -0.1) is 0 Å². The Bertz CT molecular complexity index is 731. The van der Waals surface area contributed by atoms with Gasteiger partial charge >= 0.3 is 0 Å². The quantitative estimate of drug-likeness (QED) is 0.676. The average molecular weight is 291 g/mol. The van der Waals surface area contributed by atoms with E-state index in [1.165, 1.54) is 35.2 Å². The maximum absolute atomic E-state index is 2.71. The minimum Gasteiger partial charge on any atom is -0.361 e. The smallest absolute Gasteiger partial charge is 0.0548 e. The highest BCUT2D eigenvalue weighted by atomic mass is 15.2. The Balaban J connectivity index is 1.88. The molecule has 0 N–H and O–H groups in total. The lowest BCUT2D eigenvalue weighted by atomic mass is 9.70. The summed E-state index contributed by atoms with van der Waals surface area (Å²) in [6.07, 6.45) is 2.63. The van der Waals surface area contributed by atoms with Crippen LogP contribution in [0.15, 0.2) is 36.4 Å². The second-order valence-electron chi connectivity index (χ2n) is 7.20. The van der Waals surface area contributed by atoms with Crippen LogP contribution in [0.4, 0.5) is 5.69 Å². The Morgan fingerprint density at radius 1 is 0.955 bits per heavy atom. The lowest BCUT2D eigenvalue weighted by molar-refractivity contribution is 0.324. The number of rotatable bonds is 1. The maximum Gasteiger partial charge on any atom is 0.0548 e. The van der Waals surface area contributed by atoms with Gasteiger partial charge in [-0.3, -0.25) is 0 Å². The molecule has 3 atom stereocenters.